The molecule has 0 aliphatic rings. The average Bonchev–Trinajstić information content (AvgIpc) is 3.11. The highest BCUT2D eigenvalue weighted by Gasteiger charge is 2.18. The van der Waals surface area contributed by atoms with Crippen LogP contribution in [0.3, 0.4) is 0 Å². The molecule has 0 bridgehead atoms. The number of carbonyl (C=O) groups excluding carboxylic acids is 1. The number of benzene rings is 2. The van der Waals surface area contributed by atoms with Gasteiger partial charge in [-0.2, -0.15) is 5.10 Å². The zero-order valence-electron chi connectivity index (χ0n) is 14.3. The van der Waals surface area contributed by atoms with E-state index in [-0.39, 0.29) is 11.7 Å². The number of amides is 1. The highest BCUT2D eigenvalue weighted by atomic mass is 19.1. The molecule has 25 heavy (non-hydrogen) atoms. The second kappa shape index (κ2) is 7.30. The number of nitrogens with zero attached hydrogens (tertiary/aromatic N) is 3. The Hall–Kier alpha value is -2.95. The molecule has 0 N–H and O–H groups in total. The normalized spacial score (nSPS) is 10.7. The molecule has 2 aromatic carbocycles. The van der Waals surface area contributed by atoms with Crippen LogP contribution in [-0.2, 0) is 6.54 Å². The van der Waals surface area contributed by atoms with Crippen molar-refractivity contribution in [3.63, 3.8) is 0 Å². The monoisotopic (exact) mass is 337 g/mol. The molecular formula is C20H20FN3O. The number of hydrogen-bond acceptors (Lipinski definition) is 2. The summed E-state index contributed by atoms with van der Waals surface area (Å²) in [6.07, 6.45) is 1.60. The molecular weight excluding hydrogens is 317 g/mol. The van der Waals surface area contributed by atoms with Crippen molar-refractivity contribution in [1.82, 2.24) is 14.7 Å². The lowest BCUT2D eigenvalue weighted by Crippen LogP contribution is -2.31. The minimum absolute atomic E-state index is 0.166. The number of rotatable bonds is 5. The van der Waals surface area contributed by atoms with E-state index < -0.39 is 0 Å². The fraction of sp³-hybridized carbons (Fsp3) is 0.200. The van der Waals surface area contributed by atoms with E-state index in [1.54, 1.807) is 35.4 Å². The van der Waals surface area contributed by atoms with Crippen LogP contribution in [0.25, 0.3) is 5.69 Å². The summed E-state index contributed by atoms with van der Waals surface area (Å²) in [6, 6.07) is 16.0. The molecule has 1 aromatic heterocycles. The van der Waals surface area contributed by atoms with Crippen molar-refractivity contribution < 1.29 is 9.18 Å². The molecule has 3 rings (SSSR count). The van der Waals surface area contributed by atoms with Crippen molar-refractivity contribution >= 4 is 5.91 Å². The van der Waals surface area contributed by atoms with Crippen LogP contribution in [0.1, 0.15) is 28.5 Å². The first-order chi connectivity index (χ1) is 12.1. The summed E-state index contributed by atoms with van der Waals surface area (Å²) in [7, 11) is 0. The minimum Gasteiger partial charge on any atom is -0.333 e. The SMILES string of the molecule is CCN(Cc1ccccc1C)C(=O)c1ccn(-c2ccccc2F)n1. The van der Waals surface area contributed by atoms with Crippen molar-refractivity contribution in [3.05, 3.63) is 83.4 Å². The van der Waals surface area contributed by atoms with E-state index in [9.17, 15) is 9.18 Å². The Balaban J connectivity index is 1.82. The summed E-state index contributed by atoms with van der Waals surface area (Å²) < 4.78 is 15.3. The lowest BCUT2D eigenvalue weighted by molar-refractivity contribution is 0.0746. The van der Waals surface area contributed by atoms with Gasteiger partial charge < -0.3 is 4.90 Å². The molecule has 1 amide bonds. The van der Waals surface area contributed by atoms with Gasteiger partial charge in [0, 0.05) is 19.3 Å². The molecule has 5 heteroatoms. The number of hydrogen-bond donors (Lipinski definition) is 0. The van der Waals surface area contributed by atoms with Gasteiger partial charge in [-0.05, 0) is 43.2 Å². The van der Waals surface area contributed by atoms with Gasteiger partial charge in [-0.15, -0.1) is 0 Å². The van der Waals surface area contributed by atoms with Gasteiger partial charge in [0.25, 0.3) is 5.91 Å². The van der Waals surface area contributed by atoms with Crippen LogP contribution in [0, 0.1) is 12.7 Å². The predicted molar refractivity (Wildman–Crippen MR) is 95.1 cm³/mol. The molecule has 0 saturated carbocycles. The number of aromatic nitrogens is 2. The van der Waals surface area contributed by atoms with Crippen LogP contribution in [0.15, 0.2) is 60.8 Å². The van der Waals surface area contributed by atoms with Crippen molar-refractivity contribution in [1.29, 1.82) is 0 Å². The van der Waals surface area contributed by atoms with Gasteiger partial charge in [-0.25, -0.2) is 9.07 Å². The second-order valence-corrected chi connectivity index (χ2v) is 5.84. The van der Waals surface area contributed by atoms with E-state index >= 15 is 0 Å². The maximum absolute atomic E-state index is 13.9. The Morgan fingerprint density at radius 2 is 1.84 bits per heavy atom. The summed E-state index contributed by atoms with van der Waals surface area (Å²) in [4.78, 5) is 14.5. The summed E-state index contributed by atoms with van der Waals surface area (Å²) >= 11 is 0. The van der Waals surface area contributed by atoms with Crippen LogP contribution in [0.4, 0.5) is 4.39 Å². The van der Waals surface area contributed by atoms with Gasteiger partial charge in [0.1, 0.15) is 11.5 Å². The molecule has 4 nitrogen and oxygen atoms in total. The highest BCUT2D eigenvalue weighted by Crippen LogP contribution is 2.15. The maximum atomic E-state index is 13.9. The van der Waals surface area contributed by atoms with E-state index in [2.05, 4.69) is 5.10 Å². The third-order valence-electron chi connectivity index (χ3n) is 4.20. The van der Waals surface area contributed by atoms with E-state index in [1.165, 1.54) is 10.7 Å². The summed E-state index contributed by atoms with van der Waals surface area (Å²) in [5, 5.41) is 4.26. The van der Waals surface area contributed by atoms with Crippen LogP contribution < -0.4 is 0 Å². The quantitative estimate of drug-likeness (QED) is 0.706. The van der Waals surface area contributed by atoms with Gasteiger partial charge in [0.05, 0.1) is 0 Å². The van der Waals surface area contributed by atoms with E-state index in [4.69, 9.17) is 0 Å². The Morgan fingerprint density at radius 1 is 1.12 bits per heavy atom. The molecule has 0 radical (unpaired) electrons. The fourth-order valence-electron chi connectivity index (χ4n) is 2.69. The van der Waals surface area contributed by atoms with Crippen LogP contribution in [0.5, 0.6) is 0 Å². The summed E-state index contributed by atoms with van der Waals surface area (Å²) in [5.74, 6) is -0.544. The van der Waals surface area contributed by atoms with E-state index in [0.717, 1.165) is 11.1 Å². The predicted octanol–water partition coefficient (Wildman–Crippen LogP) is 3.98. The Kier molecular flexibility index (Phi) is 4.93. The molecule has 0 fully saturated rings. The molecule has 0 saturated heterocycles. The number of aryl methyl sites for hydroxylation is 1. The summed E-state index contributed by atoms with van der Waals surface area (Å²) in [5.41, 5.74) is 2.87. The highest BCUT2D eigenvalue weighted by molar-refractivity contribution is 5.92. The first kappa shape index (κ1) is 16.9. The topological polar surface area (TPSA) is 38.1 Å². The van der Waals surface area contributed by atoms with Gasteiger partial charge in [0.15, 0.2) is 5.69 Å². The van der Waals surface area contributed by atoms with E-state index in [1.807, 2.05) is 38.1 Å². The molecule has 3 aromatic rings. The lowest BCUT2D eigenvalue weighted by Gasteiger charge is -2.21. The lowest BCUT2D eigenvalue weighted by atomic mass is 10.1. The Bertz CT molecular complexity index is 888. The third kappa shape index (κ3) is 3.60. The molecule has 0 spiro atoms. The molecule has 0 aliphatic heterocycles. The van der Waals surface area contributed by atoms with Crippen molar-refractivity contribution in [2.45, 2.75) is 20.4 Å². The van der Waals surface area contributed by atoms with Crippen LogP contribution >= 0.6 is 0 Å². The average molecular weight is 337 g/mol. The second-order valence-electron chi connectivity index (χ2n) is 5.84. The Labute approximate surface area is 146 Å². The largest absolute Gasteiger partial charge is 0.333 e. The van der Waals surface area contributed by atoms with Gasteiger partial charge in [-0.3, -0.25) is 4.79 Å². The molecule has 0 aliphatic carbocycles. The molecule has 0 atom stereocenters. The van der Waals surface area contributed by atoms with Gasteiger partial charge >= 0.3 is 0 Å². The number of halogens is 1. The van der Waals surface area contributed by atoms with Crippen molar-refractivity contribution in [2.75, 3.05) is 6.54 Å². The molecule has 0 unspecified atom stereocenters. The maximum Gasteiger partial charge on any atom is 0.274 e. The van der Waals surface area contributed by atoms with Crippen LogP contribution in [-0.4, -0.2) is 27.1 Å². The standard InChI is InChI=1S/C20H20FN3O/c1-3-23(14-16-9-5-4-8-15(16)2)20(25)18-12-13-24(22-18)19-11-7-6-10-17(19)21/h4-13H,3,14H2,1-2H3. The fourth-order valence-corrected chi connectivity index (χ4v) is 2.69. The zero-order chi connectivity index (χ0) is 17.8. The first-order valence-corrected chi connectivity index (χ1v) is 8.24. The first-order valence-electron chi connectivity index (χ1n) is 8.24. The van der Waals surface area contributed by atoms with Crippen molar-refractivity contribution in [3.8, 4) is 5.69 Å². The van der Waals surface area contributed by atoms with Gasteiger partial charge in [-0.1, -0.05) is 36.4 Å². The number of carbonyl (C=O) groups is 1. The third-order valence-corrected chi connectivity index (χ3v) is 4.20. The molecule has 128 valence electrons. The smallest absolute Gasteiger partial charge is 0.274 e. The van der Waals surface area contributed by atoms with Crippen LogP contribution in [0.2, 0.25) is 0 Å². The number of para-hydroxylation sites is 1. The van der Waals surface area contributed by atoms with Crippen molar-refractivity contribution in [2.24, 2.45) is 0 Å². The Morgan fingerprint density at radius 3 is 2.56 bits per heavy atom. The van der Waals surface area contributed by atoms with Gasteiger partial charge in [0.2, 0.25) is 0 Å². The van der Waals surface area contributed by atoms with E-state index in [0.29, 0.717) is 24.5 Å². The minimum atomic E-state index is -0.378. The molecule has 1 heterocycles. The summed E-state index contributed by atoms with van der Waals surface area (Å²) in [6.45, 7) is 5.05. The zero-order valence-corrected chi connectivity index (χ0v) is 14.3.